The van der Waals surface area contributed by atoms with E-state index in [4.69, 9.17) is 21.3 Å². The molecule has 33 heavy (non-hydrogen) atoms. The summed E-state index contributed by atoms with van der Waals surface area (Å²) in [6, 6.07) is 6.12. The van der Waals surface area contributed by atoms with Gasteiger partial charge in [-0.15, -0.1) is 0 Å². The molecule has 2 aliphatic rings. The molecule has 1 fully saturated rings. The van der Waals surface area contributed by atoms with E-state index in [-0.39, 0.29) is 18.1 Å². The molecule has 0 spiro atoms. The van der Waals surface area contributed by atoms with Gasteiger partial charge in [0.2, 0.25) is 0 Å². The number of anilines is 1. The highest BCUT2D eigenvalue weighted by molar-refractivity contribution is 6.13. The molecule has 172 valence electrons. The highest BCUT2D eigenvalue weighted by Gasteiger charge is 2.24. The SMILES string of the molecule is CN/C=C1/C/C(C(C)=N)=C(/NCC2CC2)c2cnc(N)c(c2)OCc2cc(F)ccc2C1=N. The van der Waals surface area contributed by atoms with Gasteiger partial charge < -0.3 is 26.5 Å². The molecule has 6 N–H and O–H groups in total. The molecule has 1 saturated carbocycles. The Balaban J connectivity index is 1.91. The molecule has 7 nitrogen and oxygen atoms in total. The van der Waals surface area contributed by atoms with E-state index in [1.165, 1.54) is 25.0 Å². The second-order valence-corrected chi connectivity index (χ2v) is 8.51. The highest BCUT2D eigenvalue weighted by Crippen LogP contribution is 2.33. The number of nitrogen functional groups attached to an aromatic ring is 1. The van der Waals surface area contributed by atoms with Crippen molar-refractivity contribution in [2.75, 3.05) is 19.3 Å². The van der Waals surface area contributed by atoms with Crippen molar-refractivity contribution in [1.29, 1.82) is 10.8 Å². The summed E-state index contributed by atoms with van der Waals surface area (Å²) < 4.78 is 20.0. The van der Waals surface area contributed by atoms with E-state index in [1.807, 2.05) is 6.07 Å². The van der Waals surface area contributed by atoms with E-state index in [2.05, 4.69) is 15.6 Å². The van der Waals surface area contributed by atoms with Crippen LogP contribution in [0, 0.1) is 22.6 Å². The molecule has 4 rings (SSSR count). The van der Waals surface area contributed by atoms with Crippen LogP contribution < -0.4 is 21.1 Å². The maximum Gasteiger partial charge on any atom is 0.166 e. The van der Waals surface area contributed by atoms with Gasteiger partial charge in [0.1, 0.15) is 12.4 Å². The number of halogens is 1. The van der Waals surface area contributed by atoms with Crippen LogP contribution in [0.25, 0.3) is 5.70 Å². The molecule has 2 bridgehead atoms. The second-order valence-electron chi connectivity index (χ2n) is 8.51. The van der Waals surface area contributed by atoms with E-state index >= 15 is 0 Å². The molecule has 2 aromatic rings. The van der Waals surface area contributed by atoms with E-state index in [9.17, 15) is 4.39 Å². The maximum absolute atomic E-state index is 14.1. The van der Waals surface area contributed by atoms with Gasteiger partial charge in [-0.1, -0.05) is 0 Å². The molecule has 1 aliphatic heterocycles. The molecular weight excluding hydrogens is 419 g/mol. The first kappa shape index (κ1) is 22.5. The van der Waals surface area contributed by atoms with Crippen LogP contribution >= 0.6 is 0 Å². The Morgan fingerprint density at radius 2 is 2.12 bits per heavy atom. The van der Waals surface area contributed by atoms with Crippen LogP contribution in [0.15, 0.2) is 47.8 Å². The van der Waals surface area contributed by atoms with Crippen LogP contribution in [0.3, 0.4) is 0 Å². The largest absolute Gasteiger partial charge is 0.485 e. The average molecular weight is 449 g/mol. The molecular formula is C25H29FN6O. The predicted octanol–water partition coefficient (Wildman–Crippen LogP) is 4.01. The predicted molar refractivity (Wildman–Crippen MR) is 129 cm³/mol. The number of aromatic nitrogens is 1. The Morgan fingerprint density at radius 3 is 2.82 bits per heavy atom. The minimum absolute atomic E-state index is 0.0443. The van der Waals surface area contributed by atoms with Gasteiger partial charge in [-0.25, -0.2) is 9.37 Å². The second kappa shape index (κ2) is 9.44. The van der Waals surface area contributed by atoms with Gasteiger partial charge in [0, 0.05) is 66.1 Å². The molecule has 0 unspecified atom stereocenters. The van der Waals surface area contributed by atoms with Crippen molar-refractivity contribution in [2.24, 2.45) is 5.92 Å². The van der Waals surface area contributed by atoms with Gasteiger partial charge in [-0.3, -0.25) is 5.41 Å². The fourth-order valence-corrected chi connectivity index (χ4v) is 3.90. The number of allylic oxidation sites excluding steroid dienone is 2. The van der Waals surface area contributed by atoms with Gasteiger partial charge in [-0.05, 0) is 55.5 Å². The number of pyridine rings is 1. The Labute approximate surface area is 193 Å². The van der Waals surface area contributed by atoms with Gasteiger partial charge in [0.15, 0.2) is 11.6 Å². The molecule has 1 aromatic carbocycles. The number of rotatable bonds is 5. The van der Waals surface area contributed by atoms with Gasteiger partial charge in [-0.2, -0.15) is 0 Å². The Kier molecular flexibility index (Phi) is 6.44. The number of hydrogen-bond acceptors (Lipinski definition) is 7. The molecule has 1 aromatic heterocycles. The lowest BCUT2D eigenvalue weighted by Crippen LogP contribution is -2.21. The topological polar surface area (TPSA) is 120 Å². The normalized spacial score (nSPS) is 19.7. The standard InChI is InChI=1S/C25H29FN6O/c1-14(27)21-8-16(11-30-2)23(28)20-6-5-19(26)7-18(20)13-33-22-9-17(12-32-25(22)29)24(21)31-10-15-3-4-15/h5-7,9,11-12,15,27-28,30-31H,3-4,8,10,13H2,1-2H3,(H2,29,32)/b16-11-,24-21-,27-14?,28-23?. The summed E-state index contributed by atoms with van der Waals surface area (Å²) in [5.41, 5.74) is 10.8. The lowest BCUT2D eigenvalue weighted by molar-refractivity contribution is 0.306. The first-order valence-electron chi connectivity index (χ1n) is 11.0. The fourth-order valence-electron chi connectivity index (χ4n) is 3.90. The van der Waals surface area contributed by atoms with Crippen LogP contribution in [0.1, 0.15) is 42.9 Å². The van der Waals surface area contributed by atoms with Gasteiger partial charge >= 0.3 is 0 Å². The average Bonchev–Trinajstić information content (AvgIpc) is 3.61. The molecule has 2 heterocycles. The molecule has 0 amide bonds. The zero-order valence-electron chi connectivity index (χ0n) is 18.9. The van der Waals surface area contributed by atoms with Crippen molar-refractivity contribution in [1.82, 2.24) is 15.6 Å². The minimum Gasteiger partial charge on any atom is -0.485 e. The van der Waals surface area contributed by atoms with Crippen LogP contribution in [0.2, 0.25) is 0 Å². The van der Waals surface area contributed by atoms with E-state index < -0.39 is 5.82 Å². The van der Waals surface area contributed by atoms with E-state index in [1.54, 1.807) is 32.4 Å². The number of nitrogens with one attached hydrogen (secondary N) is 4. The van der Waals surface area contributed by atoms with Crippen LogP contribution in [-0.4, -0.2) is 30.0 Å². The third-order valence-corrected chi connectivity index (χ3v) is 5.92. The fraction of sp³-hybridized carbons (Fsp3) is 0.320. The highest BCUT2D eigenvalue weighted by atomic mass is 19.1. The Hall–Kier alpha value is -3.68. The van der Waals surface area contributed by atoms with Gasteiger partial charge in [0.25, 0.3) is 0 Å². The Bertz CT molecular complexity index is 1170. The summed E-state index contributed by atoms with van der Waals surface area (Å²) in [5, 5.41) is 24.0. The Morgan fingerprint density at radius 1 is 1.33 bits per heavy atom. The quantitative estimate of drug-likeness (QED) is 0.443. The number of nitrogens with two attached hydrogens (primary N) is 1. The number of nitrogens with zero attached hydrogens (tertiary/aromatic N) is 1. The van der Waals surface area contributed by atoms with Crippen molar-refractivity contribution in [3.05, 3.63) is 70.3 Å². The smallest absolute Gasteiger partial charge is 0.166 e. The molecule has 0 atom stereocenters. The first-order valence-corrected chi connectivity index (χ1v) is 11.0. The number of hydrogen-bond donors (Lipinski definition) is 5. The minimum atomic E-state index is -0.404. The maximum atomic E-state index is 14.1. The van der Waals surface area contributed by atoms with E-state index in [0.29, 0.717) is 40.5 Å². The summed E-state index contributed by atoms with van der Waals surface area (Å²) in [5.74, 6) is 0.831. The van der Waals surface area contributed by atoms with Crippen LogP contribution in [0.4, 0.5) is 10.2 Å². The summed E-state index contributed by atoms with van der Waals surface area (Å²) >= 11 is 0. The van der Waals surface area contributed by atoms with Crippen molar-refractivity contribution >= 4 is 22.9 Å². The summed E-state index contributed by atoms with van der Waals surface area (Å²) in [7, 11) is 1.77. The van der Waals surface area contributed by atoms with Crippen molar-refractivity contribution < 1.29 is 9.13 Å². The molecule has 0 radical (unpaired) electrons. The zero-order valence-corrected chi connectivity index (χ0v) is 18.9. The third-order valence-electron chi connectivity index (χ3n) is 5.92. The van der Waals surface area contributed by atoms with Crippen molar-refractivity contribution in [2.45, 2.75) is 32.8 Å². The summed E-state index contributed by atoms with van der Waals surface area (Å²) in [6.45, 7) is 2.59. The third kappa shape index (κ3) is 5.05. The molecule has 0 saturated heterocycles. The number of ether oxygens (including phenoxy) is 1. The van der Waals surface area contributed by atoms with Gasteiger partial charge in [0.05, 0.1) is 5.71 Å². The lowest BCUT2D eigenvalue weighted by atomic mass is 9.90. The summed E-state index contributed by atoms with van der Waals surface area (Å²) in [6.07, 6.45) is 6.16. The summed E-state index contributed by atoms with van der Waals surface area (Å²) in [4.78, 5) is 4.32. The van der Waals surface area contributed by atoms with E-state index in [0.717, 1.165) is 23.4 Å². The zero-order chi connectivity index (χ0) is 23.5. The molecule has 8 heteroatoms. The van der Waals surface area contributed by atoms with Crippen molar-refractivity contribution in [3.8, 4) is 5.75 Å². The number of fused-ring (bicyclic) bond motifs is 3. The van der Waals surface area contributed by atoms with Crippen LogP contribution in [0.5, 0.6) is 5.75 Å². The van der Waals surface area contributed by atoms with Crippen molar-refractivity contribution in [3.63, 3.8) is 0 Å². The molecule has 1 aliphatic carbocycles. The number of benzene rings is 1. The lowest BCUT2D eigenvalue weighted by Gasteiger charge is -2.22. The monoisotopic (exact) mass is 448 g/mol. The first-order chi connectivity index (χ1) is 15.9. The van der Waals surface area contributed by atoms with Crippen LogP contribution in [-0.2, 0) is 6.61 Å².